The van der Waals surface area contributed by atoms with Crippen molar-refractivity contribution in [3.8, 4) is 23.0 Å². The number of aryl methyl sites for hydroxylation is 1. The SMILES string of the molecule is CNCc1ccc(Oc2cc(OC)cc(OC)c2)c(C)c1. The van der Waals surface area contributed by atoms with E-state index in [0.717, 1.165) is 17.9 Å². The monoisotopic (exact) mass is 287 g/mol. The van der Waals surface area contributed by atoms with E-state index in [2.05, 4.69) is 17.4 Å². The van der Waals surface area contributed by atoms with E-state index in [1.165, 1.54) is 5.56 Å². The number of methoxy groups -OCH3 is 2. The molecule has 0 saturated carbocycles. The van der Waals surface area contributed by atoms with Gasteiger partial charge in [0.25, 0.3) is 0 Å². The lowest BCUT2D eigenvalue weighted by Crippen LogP contribution is -2.05. The molecule has 112 valence electrons. The van der Waals surface area contributed by atoms with Crippen molar-refractivity contribution in [1.29, 1.82) is 0 Å². The lowest BCUT2D eigenvalue weighted by Gasteiger charge is -2.12. The normalized spacial score (nSPS) is 10.3. The molecule has 0 aliphatic heterocycles. The topological polar surface area (TPSA) is 39.7 Å². The summed E-state index contributed by atoms with van der Waals surface area (Å²) < 4.78 is 16.4. The van der Waals surface area contributed by atoms with Crippen LogP contribution < -0.4 is 19.5 Å². The molecule has 0 fully saturated rings. The van der Waals surface area contributed by atoms with Crippen molar-refractivity contribution in [3.05, 3.63) is 47.5 Å². The summed E-state index contributed by atoms with van der Waals surface area (Å²) in [7, 11) is 5.18. The van der Waals surface area contributed by atoms with E-state index in [4.69, 9.17) is 14.2 Å². The van der Waals surface area contributed by atoms with Gasteiger partial charge in [-0.1, -0.05) is 12.1 Å². The molecule has 4 heteroatoms. The Morgan fingerprint density at radius 2 is 1.52 bits per heavy atom. The van der Waals surface area contributed by atoms with E-state index in [9.17, 15) is 0 Å². The van der Waals surface area contributed by atoms with Gasteiger partial charge in [0, 0.05) is 24.7 Å². The fourth-order valence-corrected chi connectivity index (χ4v) is 2.11. The zero-order valence-corrected chi connectivity index (χ0v) is 12.9. The van der Waals surface area contributed by atoms with E-state index in [1.807, 2.05) is 38.2 Å². The van der Waals surface area contributed by atoms with Gasteiger partial charge in [-0.15, -0.1) is 0 Å². The van der Waals surface area contributed by atoms with Crippen LogP contribution in [0.25, 0.3) is 0 Å². The molecule has 0 amide bonds. The highest BCUT2D eigenvalue weighted by molar-refractivity contribution is 5.45. The first-order valence-corrected chi connectivity index (χ1v) is 6.81. The molecule has 0 bridgehead atoms. The van der Waals surface area contributed by atoms with Crippen molar-refractivity contribution in [2.45, 2.75) is 13.5 Å². The molecule has 0 spiro atoms. The first-order valence-electron chi connectivity index (χ1n) is 6.81. The van der Waals surface area contributed by atoms with Gasteiger partial charge in [-0.2, -0.15) is 0 Å². The minimum Gasteiger partial charge on any atom is -0.496 e. The van der Waals surface area contributed by atoms with Crippen LogP contribution in [-0.4, -0.2) is 21.3 Å². The minimum absolute atomic E-state index is 0.690. The van der Waals surface area contributed by atoms with Crippen LogP contribution >= 0.6 is 0 Å². The Morgan fingerprint density at radius 1 is 0.905 bits per heavy atom. The highest BCUT2D eigenvalue weighted by Gasteiger charge is 2.06. The second kappa shape index (κ2) is 6.99. The largest absolute Gasteiger partial charge is 0.496 e. The van der Waals surface area contributed by atoms with Gasteiger partial charge in [-0.25, -0.2) is 0 Å². The molecule has 0 heterocycles. The minimum atomic E-state index is 0.690. The van der Waals surface area contributed by atoms with E-state index in [0.29, 0.717) is 17.2 Å². The average Bonchev–Trinajstić information content (AvgIpc) is 2.50. The molecule has 0 aromatic heterocycles. The number of benzene rings is 2. The predicted octanol–water partition coefficient (Wildman–Crippen LogP) is 3.52. The summed E-state index contributed by atoms with van der Waals surface area (Å²) in [6, 6.07) is 11.6. The van der Waals surface area contributed by atoms with Crippen molar-refractivity contribution >= 4 is 0 Å². The van der Waals surface area contributed by atoms with Crippen LogP contribution in [0.2, 0.25) is 0 Å². The van der Waals surface area contributed by atoms with Crippen LogP contribution in [0.3, 0.4) is 0 Å². The van der Waals surface area contributed by atoms with Crippen LogP contribution in [0.15, 0.2) is 36.4 Å². The number of nitrogens with one attached hydrogen (secondary N) is 1. The first-order chi connectivity index (χ1) is 10.2. The van der Waals surface area contributed by atoms with E-state index in [1.54, 1.807) is 14.2 Å². The summed E-state index contributed by atoms with van der Waals surface area (Å²) in [5, 5.41) is 3.14. The lowest BCUT2D eigenvalue weighted by atomic mass is 10.1. The van der Waals surface area contributed by atoms with Crippen molar-refractivity contribution in [3.63, 3.8) is 0 Å². The average molecular weight is 287 g/mol. The van der Waals surface area contributed by atoms with Gasteiger partial charge in [-0.05, 0) is 31.2 Å². The maximum atomic E-state index is 5.95. The fourth-order valence-electron chi connectivity index (χ4n) is 2.11. The number of rotatable bonds is 6. The van der Waals surface area contributed by atoms with Gasteiger partial charge in [0.1, 0.15) is 23.0 Å². The third-order valence-electron chi connectivity index (χ3n) is 3.17. The van der Waals surface area contributed by atoms with Gasteiger partial charge in [0.2, 0.25) is 0 Å². The standard InChI is InChI=1S/C17H21NO3/c1-12-7-13(11-18-2)5-6-17(12)21-16-9-14(19-3)8-15(10-16)20-4/h5-10,18H,11H2,1-4H3. The summed E-state index contributed by atoms with van der Waals surface area (Å²) in [5.41, 5.74) is 2.31. The Balaban J connectivity index is 2.25. The Bertz CT molecular complexity index is 589. The molecule has 1 N–H and O–H groups in total. The summed E-state index contributed by atoms with van der Waals surface area (Å²) in [5.74, 6) is 2.92. The molecule has 0 aliphatic rings. The summed E-state index contributed by atoms with van der Waals surface area (Å²) in [4.78, 5) is 0. The van der Waals surface area contributed by atoms with Crippen LogP contribution in [-0.2, 0) is 6.54 Å². The van der Waals surface area contributed by atoms with Crippen molar-refractivity contribution < 1.29 is 14.2 Å². The zero-order valence-electron chi connectivity index (χ0n) is 12.9. The van der Waals surface area contributed by atoms with Gasteiger partial charge in [0.05, 0.1) is 14.2 Å². The van der Waals surface area contributed by atoms with Gasteiger partial charge < -0.3 is 19.5 Å². The molecule has 4 nitrogen and oxygen atoms in total. The maximum absolute atomic E-state index is 5.95. The molecule has 0 aliphatic carbocycles. The summed E-state index contributed by atoms with van der Waals surface area (Å²) in [6.45, 7) is 2.88. The number of hydrogen-bond acceptors (Lipinski definition) is 4. The van der Waals surface area contributed by atoms with Crippen molar-refractivity contribution in [2.24, 2.45) is 0 Å². The number of ether oxygens (including phenoxy) is 3. The second-order valence-corrected chi connectivity index (χ2v) is 4.78. The second-order valence-electron chi connectivity index (χ2n) is 4.78. The van der Waals surface area contributed by atoms with E-state index >= 15 is 0 Å². The first kappa shape index (κ1) is 15.2. The van der Waals surface area contributed by atoms with Crippen LogP contribution in [0, 0.1) is 6.92 Å². The van der Waals surface area contributed by atoms with E-state index < -0.39 is 0 Å². The molecule has 2 aromatic rings. The molecule has 0 unspecified atom stereocenters. The highest BCUT2D eigenvalue weighted by atomic mass is 16.5. The maximum Gasteiger partial charge on any atom is 0.134 e. The highest BCUT2D eigenvalue weighted by Crippen LogP contribution is 2.32. The number of hydrogen-bond donors (Lipinski definition) is 1. The molecular formula is C17H21NO3. The molecule has 0 radical (unpaired) electrons. The zero-order chi connectivity index (χ0) is 15.2. The smallest absolute Gasteiger partial charge is 0.134 e. The third kappa shape index (κ3) is 3.89. The quantitative estimate of drug-likeness (QED) is 0.882. The van der Waals surface area contributed by atoms with Crippen LogP contribution in [0.5, 0.6) is 23.0 Å². The van der Waals surface area contributed by atoms with Crippen LogP contribution in [0.4, 0.5) is 0 Å². The van der Waals surface area contributed by atoms with Crippen LogP contribution in [0.1, 0.15) is 11.1 Å². The van der Waals surface area contributed by atoms with Gasteiger partial charge in [0.15, 0.2) is 0 Å². The molecule has 21 heavy (non-hydrogen) atoms. The third-order valence-corrected chi connectivity index (χ3v) is 3.17. The summed E-state index contributed by atoms with van der Waals surface area (Å²) >= 11 is 0. The van der Waals surface area contributed by atoms with Crippen molar-refractivity contribution in [1.82, 2.24) is 5.32 Å². The van der Waals surface area contributed by atoms with E-state index in [-0.39, 0.29) is 0 Å². The Labute approximate surface area is 125 Å². The van der Waals surface area contributed by atoms with Crippen molar-refractivity contribution in [2.75, 3.05) is 21.3 Å². The van der Waals surface area contributed by atoms with Gasteiger partial charge >= 0.3 is 0 Å². The molecule has 0 atom stereocenters. The molecular weight excluding hydrogens is 266 g/mol. The van der Waals surface area contributed by atoms with Gasteiger partial charge in [-0.3, -0.25) is 0 Å². The molecule has 2 aromatic carbocycles. The Kier molecular flexibility index (Phi) is 5.06. The Morgan fingerprint density at radius 3 is 2.05 bits per heavy atom. The Hall–Kier alpha value is -2.20. The lowest BCUT2D eigenvalue weighted by molar-refractivity contribution is 0.386. The molecule has 0 saturated heterocycles. The molecule has 2 rings (SSSR count). The fraction of sp³-hybridized carbons (Fsp3) is 0.294. The predicted molar refractivity (Wildman–Crippen MR) is 83.6 cm³/mol. The summed E-state index contributed by atoms with van der Waals surface area (Å²) in [6.07, 6.45) is 0.